The summed E-state index contributed by atoms with van der Waals surface area (Å²) in [5.41, 5.74) is 1.12. The molecule has 0 aliphatic carbocycles. The molecule has 1 fully saturated rings. The summed E-state index contributed by atoms with van der Waals surface area (Å²) in [6.07, 6.45) is 2.04. The Morgan fingerprint density at radius 2 is 2.14 bits per heavy atom. The standard InChI is InChI=1S/C11H11FN2/c12-9-1-2-11-8(5-9)3-4-14(11)10-6-13-7-10/h1-5,10,13H,6-7H2. The second kappa shape index (κ2) is 2.82. The minimum Gasteiger partial charge on any atom is -0.342 e. The predicted molar refractivity (Wildman–Crippen MR) is 53.8 cm³/mol. The van der Waals surface area contributed by atoms with E-state index in [-0.39, 0.29) is 5.82 Å². The van der Waals surface area contributed by atoms with E-state index in [0.29, 0.717) is 6.04 Å². The lowest BCUT2D eigenvalue weighted by Crippen LogP contribution is -2.43. The molecule has 0 atom stereocenters. The Balaban J connectivity index is 2.16. The first-order valence-corrected chi connectivity index (χ1v) is 4.81. The minimum atomic E-state index is -0.165. The molecule has 0 unspecified atom stereocenters. The van der Waals surface area contributed by atoms with E-state index < -0.39 is 0 Å². The zero-order valence-electron chi connectivity index (χ0n) is 7.70. The van der Waals surface area contributed by atoms with Gasteiger partial charge < -0.3 is 9.88 Å². The van der Waals surface area contributed by atoms with Crippen LogP contribution in [0.2, 0.25) is 0 Å². The smallest absolute Gasteiger partial charge is 0.123 e. The highest BCUT2D eigenvalue weighted by Gasteiger charge is 2.19. The van der Waals surface area contributed by atoms with Crippen LogP contribution in [0.3, 0.4) is 0 Å². The Hall–Kier alpha value is -1.35. The van der Waals surface area contributed by atoms with E-state index in [1.54, 1.807) is 6.07 Å². The number of halogens is 1. The lowest BCUT2D eigenvalue weighted by molar-refractivity contribution is 0.352. The molecular weight excluding hydrogens is 179 g/mol. The maximum atomic E-state index is 12.9. The number of benzene rings is 1. The average Bonchev–Trinajstić information content (AvgIpc) is 2.45. The summed E-state index contributed by atoms with van der Waals surface area (Å²) in [5, 5.41) is 4.21. The van der Waals surface area contributed by atoms with Crippen LogP contribution in [0.5, 0.6) is 0 Å². The van der Waals surface area contributed by atoms with E-state index in [9.17, 15) is 4.39 Å². The van der Waals surface area contributed by atoms with Gasteiger partial charge in [0.1, 0.15) is 5.82 Å². The number of hydrogen-bond donors (Lipinski definition) is 1. The molecule has 3 rings (SSSR count). The summed E-state index contributed by atoms with van der Waals surface area (Å²) in [6.45, 7) is 2.03. The Kier molecular flexibility index (Phi) is 1.61. The van der Waals surface area contributed by atoms with Crippen LogP contribution in [0.25, 0.3) is 10.9 Å². The lowest BCUT2D eigenvalue weighted by atomic mass is 10.1. The van der Waals surface area contributed by atoms with Crippen LogP contribution in [0, 0.1) is 5.82 Å². The van der Waals surface area contributed by atoms with Crippen LogP contribution in [0.4, 0.5) is 4.39 Å². The van der Waals surface area contributed by atoms with Crippen LogP contribution in [-0.2, 0) is 0 Å². The summed E-state index contributed by atoms with van der Waals surface area (Å²) < 4.78 is 15.1. The highest BCUT2D eigenvalue weighted by atomic mass is 19.1. The lowest BCUT2D eigenvalue weighted by Gasteiger charge is -2.29. The summed E-state index contributed by atoms with van der Waals surface area (Å²) in [5.74, 6) is -0.165. The predicted octanol–water partition coefficient (Wildman–Crippen LogP) is 1.92. The van der Waals surface area contributed by atoms with Gasteiger partial charge in [0.2, 0.25) is 0 Å². The van der Waals surface area contributed by atoms with E-state index in [1.165, 1.54) is 6.07 Å². The van der Waals surface area contributed by atoms with Crippen molar-refractivity contribution in [3.8, 4) is 0 Å². The molecule has 1 aromatic heterocycles. The van der Waals surface area contributed by atoms with Gasteiger partial charge >= 0.3 is 0 Å². The van der Waals surface area contributed by atoms with Gasteiger partial charge in [-0.1, -0.05) is 0 Å². The number of nitrogens with zero attached hydrogens (tertiary/aromatic N) is 1. The average molecular weight is 190 g/mol. The molecule has 0 bridgehead atoms. The highest BCUT2D eigenvalue weighted by Crippen LogP contribution is 2.22. The van der Waals surface area contributed by atoms with Gasteiger partial charge in [-0.2, -0.15) is 0 Å². The molecule has 2 aromatic rings. The number of aromatic nitrogens is 1. The van der Waals surface area contributed by atoms with Crippen LogP contribution >= 0.6 is 0 Å². The third-order valence-corrected chi connectivity index (χ3v) is 2.84. The number of fused-ring (bicyclic) bond motifs is 1. The zero-order valence-corrected chi connectivity index (χ0v) is 7.70. The fourth-order valence-corrected chi connectivity index (χ4v) is 1.92. The zero-order chi connectivity index (χ0) is 9.54. The van der Waals surface area contributed by atoms with Gasteiger partial charge in [-0.3, -0.25) is 0 Å². The van der Waals surface area contributed by atoms with Crippen molar-refractivity contribution >= 4 is 10.9 Å². The first-order valence-electron chi connectivity index (χ1n) is 4.81. The third-order valence-electron chi connectivity index (χ3n) is 2.84. The second-order valence-corrected chi connectivity index (χ2v) is 3.74. The number of hydrogen-bond acceptors (Lipinski definition) is 1. The first-order chi connectivity index (χ1) is 6.84. The van der Waals surface area contributed by atoms with Gasteiger partial charge in [0.15, 0.2) is 0 Å². The van der Waals surface area contributed by atoms with Gasteiger partial charge in [-0.05, 0) is 24.3 Å². The summed E-state index contributed by atoms with van der Waals surface area (Å²) in [4.78, 5) is 0. The van der Waals surface area contributed by atoms with Gasteiger partial charge in [-0.25, -0.2) is 4.39 Å². The maximum Gasteiger partial charge on any atom is 0.123 e. The number of nitrogens with one attached hydrogen (secondary N) is 1. The third kappa shape index (κ3) is 1.06. The van der Waals surface area contributed by atoms with Crippen molar-refractivity contribution in [1.29, 1.82) is 0 Å². The Bertz CT molecular complexity index is 471. The van der Waals surface area contributed by atoms with Crippen LogP contribution in [-0.4, -0.2) is 17.7 Å². The second-order valence-electron chi connectivity index (χ2n) is 3.74. The topological polar surface area (TPSA) is 17.0 Å². The molecule has 3 heteroatoms. The van der Waals surface area contributed by atoms with Gasteiger partial charge in [0.05, 0.1) is 6.04 Å². The SMILES string of the molecule is Fc1ccc2c(ccn2C2CNC2)c1. The van der Waals surface area contributed by atoms with E-state index in [2.05, 4.69) is 9.88 Å². The Morgan fingerprint density at radius 1 is 1.29 bits per heavy atom. The van der Waals surface area contributed by atoms with Gasteiger partial charge in [-0.15, -0.1) is 0 Å². The van der Waals surface area contributed by atoms with Crippen molar-refractivity contribution in [1.82, 2.24) is 9.88 Å². The van der Waals surface area contributed by atoms with Gasteiger partial charge in [0.25, 0.3) is 0 Å². The molecule has 1 aliphatic rings. The first kappa shape index (κ1) is 8.00. The van der Waals surface area contributed by atoms with Crippen molar-refractivity contribution in [3.05, 3.63) is 36.3 Å². The molecule has 1 saturated heterocycles. The molecule has 72 valence electrons. The van der Waals surface area contributed by atoms with E-state index in [1.807, 2.05) is 18.3 Å². The fourth-order valence-electron chi connectivity index (χ4n) is 1.92. The normalized spacial score (nSPS) is 17.2. The molecule has 14 heavy (non-hydrogen) atoms. The van der Waals surface area contributed by atoms with Gasteiger partial charge in [0, 0.05) is 30.2 Å². The molecule has 0 radical (unpaired) electrons. The molecule has 1 N–H and O–H groups in total. The van der Waals surface area contributed by atoms with Crippen molar-refractivity contribution in [2.75, 3.05) is 13.1 Å². The molecule has 2 heterocycles. The molecule has 2 nitrogen and oxygen atoms in total. The highest BCUT2D eigenvalue weighted by molar-refractivity contribution is 5.80. The molecule has 1 aliphatic heterocycles. The van der Waals surface area contributed by atoms with Crippen LogP contribution in [0.1, 0.15) is 6.04 Å². The summed E-state index contributed by atoms with van der Waals surface area (Å²) in [6, 6.07) is 7.46. The van der Waals surface area contributed by atoms with Crippen molar-refractivity contribution in [2.24, 2.45) is 0 Å². The summed E-state index contributed by atoms with van der Waals surface area (Å²) in [7, 11) is 0. The Labute approximate surface area is 81.3 Å². The maximum absolute atomic E-state index is 12.9. The van der Waals surface area contributed by atoms with E-state index in [4.69, 9.17) is 0 Å². The molecular formula is C11H11FN2. The van der Waals surface area contributed by atoms with E-state index >= 15 is 0 Å². The molecule has 0 spiro atoms. The molecule has 0 amide bonds. The fraction of sp³-hybridized carbons (Fsp3) is 0.273. The van der Waals surface area contributed by atoms with Crippen molar-refractivity contribution in [3.63, 3.8) is 0 Å². The summed E-state index contributed by atoms with van der Waals surface area (Å²) >= 11 is 0. The number of rotatable bonds is 1. The monoisotopic (exact) mass is 190 g/mol. The molecule has 1 aromatic carbocycles. The molecule has 0 saturated carbocycles. The largest absolute Gasteiger partial charge is 0.342 e. The van der Waals surface area contributed by atoms with Crippen molar-refractivity contribution in [2.45, 2.75) is 6.04 Å². The van der Waals surface area contributed by atoms with Crippen LogP contribution in [0.15, 0.2) is 30.5 Å². The quantitative estimate of drug-likeness (QED) is 0.727. The Morgan fingerprint density at radius 3 is 2.86 bits per heavy atom. The van der Waals surface area contributed by atoms with E-state index in [0.717, 1.165) is 24.0 Å². The van der Waals surface area contributed by atoms with Crippen LogP contribution < -0.4 is 5.32 Å². The van der Waals surface area contributed by atoms with Crippen molar-refractivity contribution < 1.29 is 4.39 Å². The minimum absolute atomic E-state index is 0.165.